The van der Waals surface area contributed by atoms with Gasteiger partial charge in [-0.15, -0.1) is 0 Å². The molecule has 1 heterocycles. The fourth-order valence-corrected chi connectivity index (χ4v) is 2.81. The average molecular weight is 288 g/mol. The van der Waals surface area contributed by atoms with E-state index in [1.165, 1.54) is 23.9 Å². The molecule has 0 radical (unpaired) electrons. The number of aryl methyl sites for hydroxylation is 1. The zero-order chi connectivity index (χ0) is 15.1. The van der Waals surface area contributed by atoms with Gasteiger partial charge in [0.15, 0.2) is 0 Å². The van der Waals surface area contributed by atoms with Gasteiger partial charge in [0.25, 0.3) is 0 Å². The predicted molar refractivity (Wildman–Crippen MR) is 89.7 cm³/mol. The number of rotatable bonds is 9. The summed E-state index contributed by atoms with van der Waals surface area (Å²) in [5.74, 6) is 1.12. The van der Waals surface area contributed by atoms with E-state index in [9.17, 15) is 0 Å². The fraction of sp³-hybridized carbons (Fsp3) is 0.556. The maximum Gasteiger partial charge on any atom is 0.134 e. The number of nitrogens with zero attached hydrogens (tertiary/aromatic N) is 1. The number of benzene rings is 1. The van der Waals surface area contributed by atoms with Crippen LogP contribution in [0.3, 0.4) is 0 Å². The first kappa shape index (κ1) is 16.1. The second-order valence-electron chi connectivity index (χ2n) is 5.41. The van der Waals surface area contributed by atoms with Crippen molar-refractivity contribution in [3.63, 3.8) is 0 Å². The molecule has 3 heteroatoms. The van der Waals surface area contributed by atoms with E-state index in [1.807, 2.05) is 6.07 Å². The normalized spacial score (nSPS) is 11.6. The molecule has 0 fully saturated rings. The smallest absolute Gasteiger partial charge is 0.134 e. The van der Waals surface area contributed by atoms with Crippen molar-refractivity contribution in [3.8, 4) is 0 Å². The standard InChI is InChI=1S/C18H28N2O/c1-4-17-16(15-10-7-8-11-18(15)21-17)14-19-12-9-13-20(5-2)6-3/h7-8,10-11,19H,4-6,9,12-14H2,1-3H3. The Morgan fingerprint density at radius 2 is 1.86 bits per heavy atom. The number of para-hydroxylation sites is 1. The Hall–Kier alpha value is -1.32. The van der Waals surface area contributed by atoms with Crippen molar-refractivity contribution >= 4 is 11.0 Å². The van der Waals surface area contributed by atoms with E-state index in [0.717, 1.165) is 43.9 Å². The molecule has 3 nitrogen and oxygen atoms in total. The maximum absolute atomic E-state index is 5.93. The summed E-state index contributed by atoms with van der Waals surface area (Å²) in [5.41, 5.74) is 2.34. The van der Waals surface area contributed by atoms with Crippen LogP contribution in [0.1, 0.15) is 38.5 Å². The molecule has 0 atom stereocenters. The summed E-state index contributed by atoms with van der Waals surface area (Å²) >= 11 is 0. The molecule has 0 aliphatic heterocycles. The molecule has 0 bridgehead atoms. The highest BCUT2D eigenvalue weighted by atomic mass is 16.3. The number of nitrogens with one attached hydrogen (secondary N) is 1. The van der Waals surface area contributed by atoms with Crippen molar-refractivity contribution in [3.05, 3.63) is 35.6 Å². The predicted octanol–water partition coefficient (Wildman–Crippen LogP) is 3.82. The molecule has 0 aliphatic rings. The molecule has 0 saturated carbocycles. The minimum Gasteiger partial charge on any atom is -0.461 e. The third-order valence-corrected chi connectivity index (χ3v) is 4.13. The Morgan fingerprint density at radius 3 is 2.57 bits per heavy atom. The Bertz CT molecular complexity index is 543. The van der Waals surface area contributed by atoms with E-state index in [1.54, 1.807) is 0 Å². The molecule has 1 aromatic carbocycles. The van der Waals surface area contributed by atoms with Crippen molar-refractivity contribution in [1.82, 2.24) is 10.2 Å². The molecule has 0 amide bonds. The van der Waals surface area contributed by atoms with Gasteiger partial charge in [-0.05, 0) is 38.7 Å². The van der Waals surface area contributed by atoms with Crippen LogP contribution in [0.4, 0.5) is 0 Å². The summed E-state index contributed by atoms with van der Waals surface area (Å²) in [7, 11) is 0. The third kappa shape index (κ3) is 4.08. The van der Waals surface area contributed by atoms with E-state index in [2.05, 4.69) is 49.2 Å². The number of hydrogen-bond acceptors (Lipinski definition) is 3. The zero-order valence-corrected chi connectivity index (χ0v) is 13.6. The minimum atomic E-state index is 0.901. The lowest BCUT2D eigenvalue weighted by atomic mass is 10.1. The second-order valence-corrected chi connectivity index (χ2v) is 5.41. The molecular formula is C18H28N2O. The van der Waals surface area contributed by atoms with Crippen LogP contribution in [-0.2, 0) is 13.0 Å². The fourth-order valence-electron chi connectivity index (χ4n) is 2.81. The topological polar surface area (TPSA) is 28.4 Å². The van der Waals surface area contributed by atoms with E-state index >= 15 is 0 Å². The van der Waals surface area contributed by atoms with Gasteiger partial charge in [0, 0.05) is 23.9 Å². The lowest BCUT2D eigenvalue weighted by molar-refractivity contribution is 0.298. The molecular weight excluding hydrogens is 260 g/mol. The summed E-state index contributed by atoms with van der Waals surface area (Å²) in [6, 6.07) is 8.33. The lowest BCUT2D eigenvalue weighted by Gasteiger charge is -2.17. The average Bonchev–Trinajstić information content (AvgIpc) is 2.89. The number of hydrogen-bond donors (Lipinski definition) is 1. The second kappa shape index (κ2) is 8.20. The molecule has 0 unspecified atom stereocenters. The zero-order valence-electron chi connectivity index (χ0n) is 13.6. The highest BCUT2D eigenvalue weighted by Crippen LogP contribution is 2.26. The lowest BCUT2D eigenvalue weighted by Crippen LogP contribution is -2.27. The summed E-state index contributed by atoms with van der Waals surface area (Å²) < 4.78 is 5.93. The van der Waals surface area contributed by atoms with Gasteiger partial charge in [-0.25, -0.2) is 0 Å². The Kier molecular flexibility index (Phi) is 6.27. The van der Waals surface area contributed by atoms with Crippen molar-refractivity contribution in [2.45, 2.75) is 40.2 Å². The Labute approximate surface area is 128 Å². The highest BCUT2D eigenvalue weighted by molar-refractivity contribution is 5.82. The van der Waals surface area contributed by atoms with E-state index in [-0.39, 0.29) is 0 Å². The van der Waals surface area contributed by atoms with E-state index in [0.29, 0.717) is 0 Å². The van der Waals surface area contributed by atoms with Crippen LogP contribution in [0.2, 0.25) is 0 Å². The van der Waals surface area contributed by atoms with Gasteiger partial charge in [0.05, 0.1) is 0 Å². The number of furan rings is 1. The van der Waals surface area contributed by atoms with Crippen LogP contribution in [0, 0.1) is 0 Å². The van der Waals surface area contributed by atoms with Crippen LogP contribution in [0.25, 0.3) is 11.0 Å². The van der Waals surface area contributed by atoms with Gasteiger partial charge in [-0.2, -0.15) is 0 Å². The molecule has 1 aromatic heterocycles. The SMILES string of the molecule is CCc1oc2ccccc2c1CNCCCN(CC)CC. The highest BCUT2D eigenvalue weighted by Gasteiger charge is 2.11. The molecule has 0 aliphatic carbocycles. The Morgan fingerprint density at radius 1 is 1.10 bits per heavy atom. The first-order valence-corrected chi connectivity index (χ1v) is 8.22. The first-order chi connectivity index (χ1) is 10.3. The van der Waals surface area contributed by atoms with Gasteiger partial charge in [0.2, 0.25) is 0 Å². The van der Waals surface area contributed by atoms with E-state index in [4.69, 9.17) is 4.42 Å². The third-order valence-electron chi connectivity index (χ3n) is 4.13. The van der Waals surface area contributed by atoms with Gasteiger partial charge in [-0.3, -0.25) is 0 Å². The molecule has 0 spiro atoms. The monoisotopic (exact) mass is 288 g/mol. The Balaban J connectivity index is 1.88. The number of fused-ring (bicyclic) bond motifs is 1. The molecule has 116 valence electrons. The van der Waals surface area contributed by atoms with Crippen molar-refractivity contribution < 1.29 is 4.42 Å². The minimum absolute atomic E-state index is 0.901. The van der Waals surface area contributed by atoms with Crippen LogP contribution < -0.4 is 5.32 Å². The van der Waals surface area contributed by atoms with Crippen LogP contribution in [-0.4, -0.2) is 31.1 Å². The van der Waals surface area contributed by atoms with E-state index < -0.39 is 0 Å². The van der Waals surface area contributed by atoms with Crippen LogP contribution >= 0.6 is 0 Å². The summed E-state index contributed by atoms with van der Waals surface area (Å²) in [6.45, 7) is 12.0. The van der Waals surface area contributed by atoms with Crippen LogP contribution in [0.5, 0.6) is 0 Å². The van der Waals surface area contributed by atoms with Crippen molar-refractivity contribution in [1.29, 1.82) is 0 Å². The summed E-state index contributed by atoms with van der Waals surface area (Å²) in [4.78, 5) is 2.46. The molecule has 2 rings (SSSR count). The van der Waals surface area contributed by atoms with Crippen molar-refractivity contribution in [2.24, 2.45) is 0 Å². The molecule has 0 saturated heterocycles. The van der Waals surface area contributed by atoms with Crippen LogP contribution in [0.15, 0.2) is 28.7 Å². The summed E-state index contributed by atoms with van der Waals surface area (Å²) in [5, 5.41) is 4.83. The molecule has 21 heavy (non-hydrogen) atoms. The van der Waals surface area contributed by atoms with Gasteiger partial charge in [0.1, 0.15) is 11.3 Å². The molecule has 1 N–H and O–H groups in total. The van der Waals surface area contributed by atoms with Crippen molar-refractivity contribution in [2.75, 3.05) is 26.2 Å². The largest absolute Gasteiger partial charge is 0.461 e. The van der Waals surface area contributed by atoms with Gasteiger partial charge < -0.3 is 14.6 Å². The quantitative estimate of drug-likeness (QED) is 0.711. The summed E-state index contributed by atoms with van der Waals surface area (Å²) in [6.07, 6.45) is 2.14. The van der Waals surface area contributed by atoms with Gasteiger partial charge in [-0.1, -0.05) is 39.0 Å². The molecule has 2 aromatic rings. The maximum atomic E-state index is 5.93. The van der Waals surface area contributed by atoms with Gasteiger partial charge >= 0.3 is 0 Å². The first-order valence-electron chi connectivity index (χ1n) is 8.22.